The molecule has 3 rings (SSSR count). The Bertz CT molecular complexity index is 1050. The molecule has 0 amide bonds. The van der Waals surface area contributed by atoms with Gasteiger partial charge in [-0.15, -0.1) is 0 Å². The lowest BCUT2D eigenvalue weighted by atomic mass is 10.1. The smallest absolute Gasteiger partial charge is 0.292 e. The van der Waals surface area contributed by atoms with Gasteiger partial charge in [-0.2, -0.15) is 9.78 Å². The molecule has 0 saturated carbocycles. The lowest BCUT2D eigenvalue weighted by Gasteiger charge is -2.11. The number of nitrogens with one attached hydrogen (secondary N) is 1. The number of hydrogen-bond donors (Lipinski definition) is 1. The van der Waals surface area contributed by atoms with Crippen molar-refractivity contribution in [2.75, 3.05) is 19.0 Å². The van der Waals surface area contributed by atoms with Crippen LogP contribution in [0, 0.1) is 10.1 Å². The summed E-state index contributed by atoms with van der Waals surface area (Å²) < 4.78 is 6.29. The standard InChI is InChI=1S/C19H17ClN4O4/c1-28-16-4-2-3-13(11-16)9-10-21-17-12-22-23(19(25)18(17)20)14-5-7-15(8-6-14)24(26)27/h2-8,11-12,21H,9-10H2,1H3. The second-order valence-corrected chi connectivity index (χ2v) is 6.27. The summed E-state index contributed by atoms with van der Waals surface area (Å²) in [4.78, 5) is 22.7. The van der Waals surface area contributed by atoms with Crippen molar-refractivity contribution in [2.24, 2.45) is 0 Å². The number of ether oxygens (including phenoxy) is 1. The zero-order valence-electron chi connectivity index (χ0n) is 15.0. The van der Waals surface area contributed by atoms with Crippen LogP contribution in [0.15, 0.2) is 59.5 Å². The third-order valence-corrected chi connectivity index (χ3v) is 4.45. The van der Waals surface area contributed by atoms with Gasteiger partial charge >= 0.3 is 0 Å². The molecule has 144 valence electrons. The van der Waals surface area contributed by atoms with Crippen LogP contribution in [0.2, 0.25) is 5.02 Å². The fourth-order valence-corrected chi connectivity index (χ4v) is 2.82. The van der Waals surface area contributed by atoms with Crippen molar-refractivity contribution in [2.45, 2.75) is 6.42 Å². The summed E-state index contributed by atoms with van der Waals surface area (Å²) in [7, 11) is 1.61. The molecule has 1 aromatic heterocycles. The van der Waals surface area contributed by atoms with E-state index in [9.17, 15) is 14.9 Å². The highest BCUT2D eigenvalue weighted by atomic mass is 35.5. The lowest BCUT2D eigenvalue weighted by molar-refractivity contribution is -0.384. The summed E-state index contributed by atoms with van der Waals surface area (Å²) in [5, 5.41) is 17.9. The number of nitro groups is 1. The summed E-state index contributed by atoms with van der Waals surface area (Å²) in [5.74, 6) is 0.780. The van der Waals surface area contributed by atoms with Crippen molar-refractivity contribution >= 4 is 23.0 Å². The first-order valence-electron chi connectivity index (χ1n) is 8.39. The van der Waals surface area contributed by atoms with Crippen molar-refractivity contribution in [1.82, 2.24) is 9.78 Å². The van der Waals surface area contributed by atoms with E-state index in [0.29, 0.717) is 24.3 Å². The van der Waals surface area contributed by atoms with Crippen LogP contribution in [-0.2, 0) is 6.42 Å². The molecular formula is C19H17ClN4O4. The first-order valence-corrected chi connectivity index (χ1v) is 8.77. The molecule has 1 N–H and O–H groups in total. The molecule has 0 radical (unpaired) electrons. The van der Waals surface area contributed by atoms with Gasteiger partial charge in [-0.1, -0.05) is 23.7 Å². The van der Waals surface area contributed by atoms with E-state index in [1.807, 2.05) is 24.3 Å². The third-order valence-electron chi connectivity index (χ3n) is 4.09. The van der Waals surface area contributed by atoms with Crippen molar-refractivity contribution < 1.29 is 9.66 Å². The predicted molar refractivity (Wildman–Crippen MR) is 107 cm³/mol. The SMILES string of the molecule is COc1cccc(CCNc2cnn(-c3ccc([N+](=O)[O-])cc3)c(=O)c2Cl)c1. The van der Waals surface area contributed by atoms with Crippen LogP contribution in [0.4, 0.5) is 11.4 Å². The number of methoxy groups -OCH3 is 1. The normalized spacial score (nSPS) is 10.5. The molecule has 0 aliphatic rings. The van der Waals surface area contributed by atoms with Crippen molar-refractivity contribution in [3.63, 3.8) is 0 Å². The monoisotopic (exact) mass is 400 g/mol. The topological polar surface area (TPSA) is 99.3 Å². The Balaban J connectivity index is 1.72. The average Bonchev–Trinajstić information content (AvgIpc) is 2.71. The van der Waals surface area contributed by atoms with E-state index >= 15 is 0 Å². The quantitative estimate of drug-likeness (QED) is 0.481. The second kappa shape index (κ2) is 8.53. The fraction of sp³-hybridized carbons (Fsp3) is 0.158. The number of rotatable bonds is 7. The molecule has 3 aromatic rings. The van der Waals surface area contributed by atoms with Gasteiger partial charge in [0, 0.05) is 18.7 Å². The Morgan fingerprint density at radius 1 is 1.25 bits per heavy atom. The van der Waals surface area contributed by atoms with Crippen molar-refractivity contribution in [3.05, 3.63) is 85.8 Å². The van der Waals surface area contributed by atoms with Crippen molar-refractivity contribution in [1.29, 1.82) is 0 Å². The number of non-ortho nitro benzene ring substituents is 1. The first kappa shape index (κ1) is 19.4. The molecule has 0 saturated heterocycles. The van der Waals surface area contributed by atoms with Gasteiger partial charge in [-0.25, -0.2) is 0 Å². The molecule has 0 spiro atoms. The van der Waals surface area contributed by atoms with Gasteiger partial charge < -0.3 is 10.1 Å². The maximum absolute atomic E-state index is 12.5. The fourth-order valence-electron chi connectivity index (χ4n) is 2.62. The van der Waals surface area contributed by atoms with Gasteiger partial charge in [0.15, 0.2) is 0 Å². The lowest BCUT2D eigenvalue weighted by Crippen LogP contribution is -2.23. The van der Waals surface area contributed by atoms with Crippen LogP contribution < -0.4 is 15.6 Å². The van der Waals surface area contributed by atoms with Crippen LogP contribution in [0.5, 0.6) is 5.75 Å². The molecule has 1 heterocycles. The van der Waals surface area contributed by atoms with E-state index in [4.69, 9.17) is 16.3 Å². The average molecular weight is 401 g/mol. The maximum Gasteiger partial charge on any atom is 0.292 e. The largest absolute Gasteiger partial charge is 0.497 e. The number of hydrogen-bond acceptors (Lipinski definition) is 6. The van der Waals surface area contributed by atoms with E-state index in [1.165, 1.54) is 30.5 Å². The van der Waals surface area contributed by atoms with Gasteiger partial charge in [0.25, 0.3) is 11.2 Å². The predicted octanol–water partition coefficient (Wildman–Crippen LogP) is 3.46. The molecule has 28 heavy (non-hydrogen) atoms. The summed E-state index contributed by atoms with van der Waals surface area (Å²) in [6.07, 6.45) is 2.16. The minimum atomic E-state index is -0.512. The number of benzene rings is 2. The highest BCUT2D eigenvalue weighted by Gasteiger charge is 2.12. The molecule has 0 aliphatic heterocycles. The molecule has 0 atom stereocenters. The van der Waals surface area contributed by atoms with Gasteiger partial charge in [-0.05, 0) is 36.2 Å². The van der Waals surface area contributed by atoms with Crippen LogP contribution in [0.1, 0.15) is 5.56 Å². The Hall–Kier alpha value is -3.39. The second-order valence-electron chi connectivity index (χ2n) is 5.89. The highest BCUT2D eigenvalue weighted by Crippen LogP contribution is 2.19. The Labute approximate surface area is 165 Å². The highest BCUT2D eigenvalue weighted by molar-refractivity contribution is 6.32. The van der Waals surface area contributed by atoms with Crippen LogP contribution in [0.25, 0.3) is 5.69 Å². The van der Waals surface area contributed by atoms with Gasteiger partial charge in [0.1, 0.15) is 10.8 Å². The number of halogens is 1. The molecule has 0 unspecified atom stereocenters. The summed E-state index contributed by atoms with van der Waals surface area (Å²) >= 11 is 6.20. The van der Waals surface area contributed by atoms with Gasteiger partial charge in [0.2, 0.25) is 0 Å². The zero-order chi connectivity index (χ0) is 20.1. The first-order chi connectivity index (χ1) is 13.5. The number of nitro benzene ring substituents is 1. The van der Waals surface area contributed by atoms with E-state index < -0.39 is 10.5 Å². The molecule has 9 heteroatoms. The third kappa shape index (κ3) is 4.29. The number of anilines is 1. The summed E-state index contributed by atoms with van der Waals surface area (Å²) in [5.41, 5.74) is 1.31. The molecule has 0 aliphatic carbocycles. The Morgan fingerprint density at radius 2 is 2.00 bits per heavy atom. The molecular weight excluding hydrogens is 384 g/mol. The maximum atomic E-state index is 12.5. The van der Waals surface area contributed by atoms with Crippen LogP contribution in [-0.4, -0.2) is 28.4 Å². The summed E-state index contributed by atoms with van der Waals surface area (Å²) in [6, 6.07) is 13.2. The van der Waals surface area contributed by atoms with Crippen molar-refractivity contribution in [3.8, 4) is 11.4 Å². The number of aromatic nitrogens is 2. The Morgan fingerprint density at radius 3 is 2.68 bits per heavy atom. The van der Waals surface area contributed by atoms with E-state index in [2.05, 4.69) is 10.4 Å². The van der Waals surface area contributed by atoms with E-state index in [-0.39, 0.29) is 10.7 Å². The van der Waals surface area contributed by atoms with Gasteiger partial charge in [0.05, 0.1) is 29.6 Å². The Kier molecular flexibility index (Phi) is 5.90. The molecule has 0 fully saturated rings. The number of nitrogens with zero attached hydrogens (tertiary/aromatic N) is 3. The van der Waals surface area contributed by atoms with Crippen LogP contribution >= 0.6 is 11.6 Å². The summed E-state index contributed by atoms with van der Waals surface area (Å²) in [6.45, 7) is 0.551. The molecule has 8 nitrogen and oxygen atoms in total. The minimum absolute atomic E-state index is 0.000931. The molecule has 0 bridgehead atoms. The van der Waals surface area contributed by atoms with E-state index in [1.54, 1.807) is 7.11 Å². The van der Waals surface area contributed by atoms with Gasteiger partial charge in [-0.3, -0.25) is 14.9 Å². The minimum Gasteiger partial charge on any atom is -0.497 e. The zero-order valence-corrected chi connectivity index (χ0v) is 15.7. The van der Waals surface area contributed by atoms with Crippen LogP contribution in [0.3, 0.4) is 0 Å². The van der Waals surface area contributed by atoms with E-state index in [0.717, 1.165) is 16.0 Å². The molecule has 2 aromatic carbocycles.